The molecule has 7 aromatic heterocycles. The minimum Gasteiger partial charge on any atom is -0.386 e. The van der Waals surface area contributed by atoms with Crippen LogP contribution in [-0.2, 0) is 20.9 Å². The highest BCUT2D eigenvalue weighted by Gasteiger charge is 2.33. The molecule has 78 heavy (non-hydrogen) atoms. The van der Waals surface area contributed by atoms with E-state index >= 15 is 0 Å². The molecule has 0 radical (unpaired) electrons. The number of aliphatic hydroxyl groups is 1. The molecule has 0 fully saturated rings. The van der Waals surface area contributed by atoms with Crippen LogP contribution in [0.5, 0.6) is 0 Å². The van der Waals surface area contributed by atoms with Crippen molar-refractivity contribution < 1.29 is 38.6 Å². The lowest BCUT2D eigenvalue weighted by molar-refractivity contribution is -0.122. The van der Waals surface area contributed by atoms with Gasteiger partial charge in [-0.2, -0.15) is 0 Å². The first kappa shape index (κ1) is 55.6. The summed E-state index contributed by atoms with van der Waals surface area (Å²) in [6.45, 7) is 5.52. The van der Waals surface area contributed by atoms with Crippen LogP contribution >= 0.6 is 68.0 Å². The van der Waals surface area contributed by atoms with Crippen LogP contribution in [0.1, 0.15) is 117 Å². The molecule has 0 spiro atoms. The van der Waals surface area contributed by atoms with Crippen molar-refractivity contribution >= 4 is 103 Å². The number of hydrogen-bond acceptors (Lipinski definition) is 22. The number of amides is 6. The molecule has 9 N–H and O–H groups in total. The van der Waals surface area contributed by atoms with E-state index in [0.29, 0.717) is 73.7 Å². The smallest absolute Gasteiger partial charge is 0.271 e. The van der Waals surface area contributed by atoms with Crippen LogP contribution in [0.2, 0.25) is 0 Å². The number of nitrogens with one attached hydrogen (secondary N) is 6. The first-order chi connectivity index (χ1) is 37.6. The van der Waals surface area contributed by atoms with Crippen LogP contribution < -0.4 is 37.6 Å². The van der Waals surface area contributed by atoms with Gasteiger partial charge in [-0.25, -0.2) is 34.9 Å². The molecule has 9 rings (SSSR count). The summed E-state index contributed by atoms with van der Waals surface area (Å²) in [4.78, 5) is 117. The Bertz CT molecular complexity index is 3510. The van der Waals surface area contributed by atoms with Gasteiger partial charge in [-0.05, 0) is 30.5 Å². The number of carbonyl (C=O) groups excluding carboxylic acids is 6. The van der Waals surface area contributed by atoms with E-state index in [-0.39, 0.29) is 60.7 Å². The fraction of sp³-hybridized carbons (Fsp3) is 0.300. The molecule has 1 aromatic carbocycles. The number of ether oxygens (including phenoxy) is 1. The van der Waals surface area contributed by atoms with Crippen molar-refractivity contribution in [2.45, 2.75) is 58.0 Å². The van der Waals surface area contributed by atoms with Gasteiger partial charge >= 0.3 is 0 Å². The van der Waals surface area contributed by atoms with E-state index in [0.717, 1.165) is 11.3 Å². The Balaban J connectivity index is 1.13. The lowest BCUT2D eigenvalue weighted by Crippen LogP contribution is -2.40. The van der Waals surface area contributed by atoms with Gasteiger partial charge in [0.1, 0.15) is 82.0 Å². The van der Waals surface area contributed by atoms with Crippen LogP contribution in [0, 0.1) is 12.8 Å². The Morgan fingerprint density at radius 1 is 0.731 bits per heavy atom. The predicted octanol–water partition coefficient (Wildman–Crippen LogP) is 6.00. The lowest BCUT2D eigenvalue weighted by atomic mass is 10.0. The first-order valence-corrected chi connectivity index (χ1v) is 29.2. The molecular formula is C50H50N14O8S6. The second-order valence-electron chi connectivity index (χ2n) is 17.7. The number of hydrogen-bond donors (Lipinski definition) is 8. The largest absolute Gasteiger partial charge is 0.386 e. The molecular weight excluding hydrogens is 1120 g/mol. The number of thiazole rings is 6. The normalized spacial score (nSPS) is 16.6. The maximum absolute atomic E-state index is 14.2. The molecule has 10 bridgehead atoms. The fourth-order valence-electron chi connectivity index (χ4n) is 7.96. The summed E-state index contributed by atoms with van der Waals surface area (Å²) in [6.07, 6.45) is -1.47. The van der Waals surface area contributed by atoms with E-state index in [1.165, 1.54) is 70.8 Å². The van der Waals surface area contributed by atoms with Gasteiger partial charge in [0.25, 0.3) is 23.6 Å². The van der Waals surface area contributed by atoms with Crippen LogP contribution in [0.3, 0.4) is 0 Å². The van der Waals surface area contributed by atoms with E-state index in [1.807, 2.05) is 13.8 Å². The monoisotopic (exact) mass is 1170 g/mol. The zero-order valence-corrected chi connectivity index (χ0v) is 47.1. The fourth-order valence-corrected chi connectivity index (χ4v) is 13.5. The van der Waals surface area contributed by atoms with Gasteiger partial charge in [-0.1, -0.05) is 44.2 Å². The maximum atomic E-state index is 14.2. The number of aromatic nitrogens is 7. The van der Waals surface area contributed by atoms with E-state index in [2.05, 4.69) is 46.9 Å². The average molecular weight is 1170 g/mol. The van der Waals surface area contributed by atoms with Crippen molar-refractivity contribution in [1.29, 1.82) is 0 Å². The van der Waals surface area contributed by atoms with Gasteiger partial charge in [-0.15, -0.1) is 68.0 Å². The highest BCUT2D eigenvalue weighted by atomic mass is 32.1. The number of pyridine rings is 1. The van der Waals surface area contributed by atoms with Crippen LogP contribution in [-0.4, -0.2) is 109 Å². The van der Waals surface area contributed by atoms with Crippen LogP contribution in [0.4, 0.5) is 0 Å². The molecule has 8 aromatic rings. The second kappa shape index (κ2) is 24.7. The molecule has 8 heterocycles. The number of nitrogens with zero attached hydrogens (tertiary/aromatic N) is 7. The number of nitrogens with two attached hydrogens (primary N) is 1. The van der Waals surface area contributed by atoms with Crippen molar-refractivity contribution in [2.24, 2.45) is 11.7 Å². The number of carbonyl (C=O) groups is 6. The summed E-state index contributed by atoms with van der Waals surface area (Å²) in [5.41, 5.74) is 8.58. The Kier molecular flexibility index (Phi) is 17.6. The quantitative estimate of drug-likeness (QED) is 0.0736. The lowest BCUT2D eigenvalue weighted by Gasteiger charge is -2.23. The SMILES string of the molecule is CNC(=O)C[C@@H]1NC(=O)c2csc(n2)-c2ccc(-c3nc(C(=O)NCCN)cs3)nc2-c2csc(n2)-c2csc(n2)C(C(O)c2ccccc2)NC(=O)CNC(=O)c2nc(sc2COC)[C@H](C(C)C)NC(=O)c2nc1sc2C. The molecule has 2 unspecified atom stereocenters. The van der Waals surface area contributed by atoms with E-state index in [9.17, 15) is 33.9 Å². The third kappa shape index (κ3) is 12.4. The minimum atomic E-state index is -1.27. The predicted molar refractivity (Wildman–Crippen MR) is 298 cm³/mol. The number of fused-ring (bicyclic) bond motifs is 14. The minimum absolute atomic E-state index is 0.00312. The Morgan fingerprint density at radius 2 is 1.45 bits per heavy atom. The van der Waals surface area contributed by atoms with Crippen LogP contribution in [0.15, 0.2) is 64.0 Å². The zero-order chi connectivity index (χ0) is 55.2. The summed E-state index contributed by atoms with van der Waals surface area (Å²) in [5.74, 6) is -3.48. The standard InChI is InChI=1S/C50H50N14O8S6/c1-22(2)35-50-64-38(32(78-50)17-72-5)43(70)54-16-34(66)61-39(40(67)24-9-7-6-8-10-24)49-60-31(21-76-49)47-57-28(18-74-47)37-25(11-12-26(55-37)46-59-29(19-75-46)41(68)53-14-13-51)45-58-30(20-73-45)42(69)56-27(15-33(65)52-4)48-63-36(23(3)77-48)44(71)62-35/h6-12,18-22,27,35,39-40,67H,13-17,51H2,1-5H3,(H,52,65)(H,53,68)(H,54,70)(H,56,69)(H,61,66)(H,62,71)/t27-,35-,39?,40?/m0/s1. The van der Waals surface area contributed by atoms with Gasteiger partial charge in [0, 0.05) is 59.2 Å². The Hall–Kier alpha value is -7.15. The summed E-state index contributed by atoms with van der Waals surface area (Å²) >= 11 is 7.19. The molecule has 28 heteroatoms. The Labute approximate surface area is 469 Å². The molecule has 22 nitrogen and oxygen atoms in total. The van der Waals surface area contributed by atoms with Gasteiger partial charge in [-0.3, -0.25) is 28.8 Å². The Morgan fingerprint density at radius 3 is 2.21 bits per heavy atom. The first-order valence-electron chi connectivity index (χ1n) is 24.0. The van der Waals surface area contributed by atoms with Crippen molar-refractivity contribution in [2.75, 3.05) is 33.8 Å². The second-order valence-corrected chi connectivity index (χ2v) is 23.5. The van der Waals surface area contributed by atoms with Gasteiger partial charge in [0.2, 0.25) is 11.8 Å². The highest BCUT2D eigenvalue weighted by molar-refractivity contribution is 7.15. The van der Waals surface area contributed by atoms with E-state index < -0.39 is 60.3 Å². The van der Waals surface area contributed by atoms with Gasteiger partial charge in [0.15, 0.2) is 0 Å². The van der Waals surface area contributed by atoms with E-state index in [1.54, 1.807) is 70.9 Å². The summed E-state index contributed by atoms with van der Waals surface area (Å²) in [5, 5.41) is 37.8. The van der Waals surface area contributed by atoms with Crippen molar-refractivity contribution in [3.63, 3.8) is 0 Å². The molecule has 0 saturated carbocycles. The van der Waals surface area contributed by atoms with Crippen molar-refractivity contribution in [3.8, 4) is 43.4 Å². The number of methoxy groups -OCH3 is 1. The molecule has 4 atom stereocenters. The third-order valence-corrected chi connectivity index (χ3v) is 17.6. The zero-order valence-electron chi connectivity index (χ0n) is 42.2. The molecule has 0 aliphatic carbocycles. The average Bonchev–Trinajstić information content (AvgIpc) is 4.36. The highest BCUT2D eigenvalue weighted by Crippen LogP contribution is 2.40. The molecule has 1 aliphatic heterocycles. The number of rotatable bonds is 11. The number of benzene rings is 1. The molecule has 1 aliphatic rings. The van der Waals surface area contributed by atoms with Gasteiger partial charge in [0.05, 0.1) is 42.2 Å². The third-order valence-electron chi connectivity index (χ3n) is 11.9. The summed E-state index contributed by atoms with van der Waals surface area (Å²) in [7, 11) is 2.95. The topological polar surface area (TPSA) is 320 Å². The van der Waals surface area contributed by atoms with Crippen molar-refractivity contribution in [3.05, 3.63) is 117 Å². The summed E-state index contributed by atoms with van der Waals surface area (Å²) in [6, 6.07) is 9.54. The van der Waals surface area contributed by atoms with Crippen molar-refractivity contribution in [1.82, 2.24) is 66.8 Å². The van der Waals surface area contributed by atoms with E-state index in [4.69, 9.17) is 30.4 Å². The summed E-state index contributed by atoms with van der Waals surface area (Å²) < 4.78 is 5.44. The van der Waals surface area contributed by atoms with Gasteiger partial charge < -0.3 is 47.5 Å². The number of aliphatic hydroxyl groups excluding tert-OH is 1. The molecule has 404 valence electrons. The molecule has 0 saturated heterocycles. The van der Waals surface area contributed by atoms with Crippen LogP contribution in [0.25, 0.3) is 43.4 Å². The number of aryl methyl sites for hydroxylation is 1. The molecule has 6 amide bonds. The maximum Gasteiger partial charge on any atom is 0.271 e.